The maximum absolute atomic E-state index is 9.42. The summed E-state index contributed by atoms with van der Waals surface area (Å²) in [5.41, 5.74) is 0. The maximum Gasteiger partial charge on any atom is 0.0897 e. The van der Waals surface area contributed by atoms with Crippen LogP contribution in [0.15, 0.2) is 0 Å². The fourth-order valence-corrected chi connectivity index (χ4v) is 2.30. The topological polar surface area (TPSA) is 44.7 Å². The molecule has 0 aliphatic heterocycles. The van der Waals surface area contributed by atoms with Crippen LogP contribution >= 0.6 is 0 Å². The molecule has 0 heterocycles. The van der Waals surface area contributed by atoms with E-state index in [4.69, 9.17) is 4.74 Å². The number of methoxy groups -OCH3 is 1. The van der Waals surface area contributed by atoms with Crippen molar-refractivity contribution < 1.29 is 9.84 Å². The molecule has 4 heteroatoms. The van der Waals surface area contributed by atoms with Crippen molar-refractivity contribution in [2.45, 2.75) is 37.8 Å². The number of aliphatic hydroxyl groups excluding tert-OH is 1. The van der Waals surface area contributed by atoms with E-state index in [1.54, 1.807) is 7.11 Å². The first-order valence-electron chi connectivity index (χ1n) is 6.32. The third kappa shape index (κ3) is 5.25. The molecule has 0 bridgehead atoms. The molecule has 1 aliphatic carbocycles. The molecule has 1 aliphatic rings. The van der Waals surface area contributed by atoms with Gasteiger partial charge in [-0.3, -0.25) is 0 Å². The second-order valence-corrected chi connectivity index (χ2v) is 4.73. The van der Waals surface area contributed by atoms with E-state index in [-0.39, 0.29) is 6.10 Å². The van der Waals surface area contributed by atoms with Crippen molar-refractivity contribution in [3.63, 3.8) is 0 Å². The summed E-state index contributed by atoms with van der Waals surface area (Å²) < 4.78 is 4.86. The number of nitrogens with one attached hydrogen (secondary N) is 1. The van der Waals surface area contributed by atoms with E-state index in [2.05, 4.69) is 17.3 Å². The maximum atomic E-state index is 9.42. The van der Waals surface area contributed by atoms with Crippen LogP contribution in [-0.4, -0.2) is 62.6 Å². The van der Waals surface area contributed by atoms with Crippen LogP contribution in [0, 0.1) is 0 Å². The van der Waals surface area contributed by atoms with E-state index in [9.17, 15) is 5.11 Å². The normalized spacial score (nSPS) is 19.5. The highest BCUT2D eigenvalue weighted by atomic mass is 16.5. The Bertz CT molecular complexity index is 172. The van der Waals surface area contributed by atoms with Gasteiger partial charge in [-0.05, 0) is 19.9 Å². The van der Waals surface area contributed by atoms with E-state index < -0.39 is 0 Å². The van der Waals surface area contributed by atoms with Crippen molar-refractivity contribution >= 4 is 0 Å². The lowest BCUT2D eigenvalue weighted by atomic mass is 10.2. The quantitative estimate of drug-likeness (QED) is 0.595. The molecule has 1 unspecified atom stereocenters. The lowest BCUT2D eigenvalue weighted by Crippen LogP contribution is -2.38. The molecular formula is C12H26N2O2. The number of aliphatic hydroxyl groups is 1. The van der Waals surface area contributed by atoms with Gasteiger partial charge in [0, 0.05) is 32.8 Å². The Kier molecular flexibility index (Phi) is 6.96. The predicted molar refractivity (Wildman–Crippen MR) is 65.6 cm³/mol. The van der Waals surface area contributed by atoms with Crippen LogP contribution in [0.4, 0.5) is 0 Å². The summed E-state index contributed by atoms with van der Waals surface area (Å²) >= 11 is 0. The zero-order valence-electron chi connectivity index (χ0n) is 10.6. The Balaban J connectivity index is 1.97. The molecule has 1 atom stereocenters. The number of hydrogen-bond acceptors (Lipinski definition) is 4. The SMILES string of the molecule is COCC(O)CNCCN(C)C1CCCC1. The summed E-state index contributed by atoms with van der Waals surface area (Å²) in [5.74, 6) is 0. The molecule has 1 fully saturated rings. The van der Waals surface area contributed by atoms with Crippen LogP contribution in [0.5, 0.6) is 0 Å². The fraction of sp³-hybridized carbons (Fsp3) is 1.00. The predicted octanol–water partition coefficient (Wildman–Crippen LogP) is 0.458. The van der Waals surface area contributed by atoms with Gasteiger partial charge in [0.25, 0.3) is 0 Å². The van der Waals surface area contributed by atoms with Gasteiger partial charge in [-0.25, -0.2) is 0 Å². The van der Waals surface area contributed by atoms with Crippen molar-refractivity contribution in [2.75, 3.05) is 40.4 Å². The van der Waals surface area contributed by atoms with Crippen molar-refractivity contribution in [2.24, 2.45) is 0 Å². The molecular weight excluding hydrogens is 204 g/mol. The highest BCUT2D eigenvalue weighted by Crippen LogP contribution is 2.21. The van der Waals surface area contributed by atoms with Crippen molar-refractivity contribution in [1.82, 2.24) is 10.2 Å². The first-order chi connectivity index (χ1) is 7.74. The van der Waals surface area contributed by atoms with Crippen LogP contribution in [0.2, 0.25) is 0 Å². The largest absolute Gasteiger partial charge is 0.389 e. The zero-order chi connectivity index (χ0) is 11.8. The molecule has 96 valence electrons. The fourth-order valence-electron chi connectivity index (χ4n) is 2.30. The van der Waals surface area contributed by atoms with Crippen molar-refractivity contribution in [3.8, 4) is 0 Å². The average Bonchev–Trinajstić information content (AvgIpc) is 2.78. The Morgan fingerprint density at radius 2 is 2.12 bits per heavy atom. The highest BCUT2D eigenvalue weighted by molar-refractivity contribution is 4.75. The molecule has 1 rings (SSSR count). The third-order valence-electron chi connectivity index (χ3n) is 3.33. The molecule has 0 spiro atoms. The van der Waals surface area contributed by atoms with Gasteiger partial charge in [0.2, 0.25) is 0 Å². The number of ether oxygens (including phenoxy) is 1. The summed E-state index contributed by atoms with van der Waals surface area (Å²) in [5, 5.41) is 12.7. The Labute approximate surface area is 99.0 Å². The molecule has 0 saturated heterocycles. The highest BCUT2D eigenvalue weighted by Gasteiger charge is 2.18. The summed E-state index contributed by atoms with van der Waals surface area (Å²) in [7, 11) is 3.81. The van der Waals surface area contributed by atoms with Gasteiger partial charge in [0.05, 0.1) is 12.7 Å². The summed E-state index contributed by atoms with van der Waals surface area (Å²) in [6, 6.07) is 0.783. The number of rotatable bonds is 8. The lowest BCUT2D eigenvalue weighted by Gasteiger charge is -2.24. The second kappa shape index (κ2) is 8.01. The van der Waals surface area contributed by atoms with Gasteiger partial charge >= 0.3 is 0 Å². The monoisotopic (exact) mass is 230 g/mol. The molecule has 0 aromatic carbocycles. The standard InChI is InChI=1S/C12H26N2O2/c1-14(11-5-3-4-6-11)8-7-13-9-12(15)10-16-2/h11-13,15H,3-10H2,1-2H3. The van der Waals surface area contributed by atoms with E-state index in [0.29, 0.717) is 13.2 Å². The van der Waals surface area contributed by atoms with E-state index in [0.717, 1.165) is 19.1 Å². The summed E-state index contributed by atoms with van der Waals surface area (Å²) in [6.07, 6.45) is 5.08. The molecule has 0 amide bonds. The van der Waals surface area contributed by atoms with Crippen molar-refractivity contribution in [1.29, 1.82) is 0 Å². The van der Waals surface area contributed by atoms with Gasteiger partial charge < -0.3 is 20.1 Å². The Morgan fingerprint density at radius 3 is 2.75 bits per heavy atom. The summed E-state index contributed by atoms with van der Waals surface area (Å²) in [6.45, 7) is 3.02. The minimum absolute atomic E-state index is 0.387. The van der Waals surface area contributed by atoms with Gasteiger partial charge in [-0.2, -0.15) is 0 Å². The van der Waals surface area contributed by atoms with Gasteiger partial charge in [0.15, 0.2) is 0 Å². The Morgan fingerprint density at radius 1 is 1.44 bits per heavy atom. The van der Waals surface area contributed by atoms with Crippen LogP contribution in [0.25, 0.3) is 0 Å². The van der Waals surface area contributed by atoms with E-state index in [1.165, 1.54) is 25.7 Å². The minimum Gasteiger partial charge on any atom is -0.389 e. The third-order valence-corrected chi connectivity index (χ3v) is 3.33. The van der Waals surface area contributed by atoms with Crippen molar-refractivity contribution in [3.05, 3.63) is 0 Å². The minimum atomic E-state index is -0.387. The molecule has 4 nitrogen and oxygen atoms in total. The van der Waals surface area contributed by atoms with E-state index >= 15 is 0 Å². The average molecular weight is 230 g/mol. The van der Waals surface area contributed by atoms with Crippen LogP contribution in [0.3, 0.4) is 0 Å². The summed E-state index contributed by atoms with van der Waals surface area (Å²) in [4.78, 5) is 2.43. The molecule has 0 radical (unpaired) electrons. The lowest BCUT2D eigenvalue weighted by molar-refractivity contribution is 0.0641. The van der Waals surface area contributed by atoms with Gasteiger partial charge in [-0.15, -0.1) is 0 Å². The van der Waals surface area contributed by atoms with E-state index in [1.807, 2.05) is 0 Å². The number of nitrogens with zero attached hydrogens (tertiary/aromatic N) is 1. The molecule has 0 aromatic rings. The van der Waals surface area contributed by atoms with Crippen LogP contribution in [0.1, 0.15) is 25.7 Å². The number of likely N-dealkylation sites (N-methyl/N-ethyl adjacent to an activating group) is 1. The smallest absolute Gasteiger partial charge is 0.0897 e. The molecule has 2 N–H and O–H groups in total. The van der Waals surface area contributed by atoms with Crippen LogP contribution in [-0.2, 0) is 4.74 Å². The molecule has 1 saturated carbocycles. The zero-order valence-corrected chi connectivity index (χ0v) is 10.6. The van der Waals surface area contributed by atoms with Crippen LogP contribution < -0.4 is 5.32 Å². The van der Waals surface area contributed by atoms with Gasteiger partial charge in [-0.1, -0.05) is 12.8 Å². The Hall–Kier alpha value is -0.160. The number of hydrogen-bond donors (Lipinski definition) is 2. The molecule has 16 heavy (non-hydrogen) atoms. The first-order valence-corrected chi connectivity index (χ1v) is 6.32. The first kappa shape index (κ1) is 13.9. The second-order valence-electron chi connectivity index (χ2n) is 4.73. The van der Waals surface area contributed by atoms with Gasteiger partial charge in [0.1, 0.15) is 0 Å². The molecule has 0 aromatic heterocycles.